The predicted molar refractivity (Wildman–Crippen MR) is 73.0 cm³/mol. The van der Waals surface area contributed by atoms with E-state index >= 15 is 0 Å². The summed E-state index contributed by atoms with van der Waals surface area (Å²) in [7, 11) is 0. The smallest absolute Gasteiger partial charge is 0.116 e. The van der Waals surface area contributed by atoms with Crippen molar-refractivity contribution in [1.82, 2.24) is 0 Å². The van der Waals surface area contributed by atoms with Gasteiger partial charge in [-0.1, -0.05) is 57.5 Å². The number of aryl methyl sites for hydroxylation is 1. The van der Waals surface area contributed by atoms with E-state index in [1.807, 2.05) is 45.9 Å². The number of fused-ring (bicyclic) bond motifs is 1. The molecule has 0 heterocycles. The summed E-state index contributed by atoms with van der Waals surface area (Å²) in [5.74, 6) is 0.325. The van der Waals surface area contributed by atoms with Crippen LogP contribution in [0.25, 0.3) is 10.8 Å². The molecule has 1 heteroatoms. The minimum atomic E-state index is 0.325. The standard InChI is InChI=1S/C11H10O.2C2H6/c1-8-2-3-10-7-11(12)5-4-9(10)6-8;2*1-2/h2-7,12H,1H3;2*1-2H3. The van der Waals surface area contributed by atoms with Crippen LogP contribution >= 0.6 is 0 Å². The number of rotatable bonds is 0. The van der Waals surface area contributed by atoms with Crippen LogP contribution in [0.4, 0.5) is 0 Å². The molecule has 88 valence electrons. The summed E-state index contributed by atoms with van der Waals surface area (Å²) in [5, 5.41) is 11.5. The van der Waals surface area contributed by atoms with Gasteiger partial charge in [-0.2, -0.15) is 0 Å². The van der Waals surface area contributed by atoms with Crippen LogP contribution in [0.1, 0.15) is 33.3 Å². The third-order valence-electron chi connectivity index (χ3n) is 1.98. The fraction of sp³-hybridized carbons (Fsp3) is 0.333. The summed E-state index contributed by atoms with van der Waals surface area (Å²) in [6, 6.07) is 11.6. The molecule has 0 aliphatic rings. The fourth-order valence-electron chi connectivity index (χ4n) is 1.35. The summed E-state index contributed by atoms with van der Waals surface area (Å²) in [5.41, 5.74) is 1.24. The molecule has 2 aromatic carbocycles. The lowest BCUT2D eigenvalue weighted by molar-refractivity contribution is 0.476. The number of phenolic OH excluding ortho intramolecular Hbond substituents is 1. The topological polar surface area (TPSA) is 20.2 Å². The van der Waals surface area contributed by atoms with Crippen LogP contribution in [-0.2, 0) is 0 Å². The molecule has 0 aromatic heterocycles. The highest BCUT2D eigenvalue weighted by Gasteiger charge is 1.93. The Morgan fingerprint density at radius 3 is 1.88 bits per heavy atom. The van der Waals surface area contributed by atoms with Crippen LogP contribution in [-0.4, -0.2) is 5.11 Å². The summed E-state index contributed by atoms with van der Waals surface area (Å²) >= 11 is 0. The van der Waals surface area contributed by atoms with Crippen molar-refractivity contribution in [2.24, 2.45) is 0 Å². The Morgan fingerprint density at radius 2 is 1.25 bits per heavy atom. The molecular formula is C15H22O. The molecule has 2 rings (SSSR count). The maximum Gasteiger partial charge on any atom is 0.116 e. The molecule has 0 aliphatic carbocycles. The van der Waals surface area contributed by atoms with Gasteiger partial charge in [0.1, 0.15) is 5.75 Å². The molecule has 0 aliphatic heterocycles. The second-order valence-corrected chi connectivity index (χ2v) is 3.03. The van der Waals surface area contributed by atoms with Crippen LogP contribution in [0, 0.1) is 6.92 Å². The third kappa shape index (κ3) is 3.93. The Labute approximate surface area is 98.7 Å². The van der Waals surface area contributed by atoms with E-state index in [1.165, 1.54) is 10.9 Å². The Bertz CT molecular complexity index is 377. The molecule has 0 amide bonds. The van der Waals surface area contributed by atoms with Gasteiger partial charge in [-0.3, -0.25) is 0 Å². The van der Waals surface area contributed by atoms with Gasteiger partial charge in [-0.05, 0) is 29.8 Å². The van der Waals surface area contributed by atoms with E-state index < -0.39 is 0 Å². The van der Waals surface area contributed by atoms with Crippen molar-refractivity contribution in [2.45, 2.75) is 34.6 Å². The summed E-state index contributed by atoms with van der Waals surface area (Å²) in [6.45, 7) is 10.1. The molecule has 0 unspecified atom stereocenters. The first kappa shape index (κ1) is 14.5. The van der Waals surface area contributed by atoms with Crippen molar-refractivity contribution >= 4 is 10.8 Å². The van der Waals surface area contributed by atoms with Gasteiger partial charge >= 0.3 is 0 Å². The van der Waals surface area contributed by atoms with Gasteiger partial charge in [0.2, 0.25) is 0 Å². The van der Waals surface area contributed by atoms with E-state index in [9.17, 15) is 5.11 Å². The zero-order valence-electron chi connectivity index (χ0n) is 10.9. The lowest BCUT2D eigenvalue weighted by Gasteiger charge is -1.99. The molecule has 1 N–H and O–H groups in total. The van der Waals surface area contributed by atoms with Gasteiger partial charge in [0.15, 0.2) is 0 Å². The summed E-state index contributed by atoms with van der Waals surface area (Å²) in [4.78, 5) is 0. The van der Waals surface area contributed by atoms with Crippen LogP contribution in [0.15, 0.2) is 36.4 Å². The highest BCUT2D eigenvalue weighted by Crippen LogP contribution is 2.20. The van der Waals surface area contributed by atoms with Crippen LogP contribution in [0.2, 0.25) is 0 Å². The van der Waals surface area contributed by atoms with Crippen molar-refractivity contribution in [1.29, 1.82) is 0 Å². The van der Waals surface area contributed by atoms with E-state index in [-0.39, 0.29) is 0 Å². The van der Waals surface area contributed by atoms with Crippen LogP contribution in [0.3, 0.4) is 0 Å². The van der Waals surface area contributed by atoms with Gasteiger partial charge in [0.25, 0.3) is 0 Å². The Kier molecular flexibility index (Phi) is 7.02. The first-order valence-electron chi connectivity index (χ1n) is 5.95. The van der Waals surface area contributed by atoms with Crippen molar-refractivity contribution in [3.8, 4) is 5.75 Å². The number of hydrogen-bond donors (Lipinski definition) is 1. The molecule has 0 fully saturated rings. The van der Waals surface area contributed by atoms with E-state index in [0.29, 0.717) is 5.75 Å². The second kappa shape index (κ2) is 7.75. The second-order valence-electron chi connectivity index (χ2n) is 3.03. The minimum Gasteiger partial charge on any atom is -0.508 e. The minimum absolute atomic E-state index is 0.325. The monoisotopic (exact) mass is 218 g/mol. The van der Waals surface area contributed by atoms with Gasteiger partial charge < -0.3 is 5.11 Å². The molecular weight excluding hydrogens is 196 g/mol. The molecule has 0 saturated carbocycles. The number of aromatic hydroxyl groups is 1. The molecule has 0 atom stereocenters. The van der Waals surface area contributed by atoms with Crippen molar-refractivity contribution < 1.29 is 5.11 Å². The maximum atomic E-state index is 9.20. The molecule has 0 radical (unpaired) electrons. The molecule has 2 aromatic rings. The predicted octanol–water partition coefficient (Wildman–Crippen LogP) is 4.91. The van der Waals surface area contributed by atoms with Gasteiger partial charge in [-0.25, -0.2) is 0 Å². The van der Waals surface area contributed by atoms with E-state index in [2.05, 4.69) is 13.0 Å². The van der Waals surface area contributed by atoms with E-state index in [4.69, 9.17) is 0 Å². The molecule has 0 bridgehead atoms. The Hall–Kier alpha value is -1.50. The Morgan fingerprint density at radius 1 is 0.750 bits per heavy atom. The quantitative estimate of drug-likeness (QED) is 0.666. The molecule has 1 nitrogen and oxygen atoms in total. The van der Waals surface area contributed by atoms with E-state index in [0.717, 1.165) is 5.39 Å². The fourth-order valence-corrected chi connectivity index (χ4v) is 1.35. The lowest BCUT2D eigenvalue weighted by Crippen LogP contribution is -1.74. The van der Waals surface area contributed by atoms with Crippen molar-refractivity contribution in [3.05, 3.63) is 42.0 Å². The highest BCUT2D eigenvalue weighted by atomic mass is 16.3. The van der Waals surface area contributed by atoms with E-state index in [1.54, 1.807) is 12.1 Å². The van der Waals surface area contributed by atoms with Crippen molar-refractivity contribution in [3.63, 3.8) is 0 Å². The zero-order valence-corrected chi connectivity index (χ0v) is 10.9. The zero-order chi connectivity index (χ0) is 12.6. The summed E-state index contributed by atoms with van der Waals surface area (Å²) in [6.07, 6.45) is 0. The van der Waals surface area contributed by atoms with Gasteiger partial charge in [-0.15, -0.1) is 0 Å². The average Bonchev–Trinajstić information content (AvgIpc) is 2.35. The molecule has 16 heavy (non-hydrogen) atoms. The van der Waals surface area contributed by atoms with Gasteiger partial charge in [0.05, 0.1) is 0 Å². The maximum absolute atomic E-state index is 9.20. The molecule has 0 saturated heterocycles. The van der Waals surface area contributed by atoms with Gasteiger partial charge in [0, 0.05) is 0 Å². The van der Waals surface area contributed by atoms with Crippen LogP contribution in [0.5, 0.6) is 5.75 Å². The number of hydrogen-bond acceptors (Lipinski definition) is 1. The average molecular weight is 218 g/mol. The number of phenols is 1. The third-order valence-corrected chi connectivity index (χ3v) is 1.98. The highest BCUT2D eigenvalue weighted by molar-refractivity contribution is 5.84. The first-order valence-corrected chi connectivity index (χ1v) is 5.95. The first-order chi connectivity index (χ1) is 7.75. The number of benzene rings is 2. The summed E-state index contributed by atoms with van der Waals surface area (Å²) < 4.78 is 0. The lowest BCUT2D eigenvalue weighted by atomic mass is 10.1. The normalized spacial score (nSPS) is 8.56. The van der Waals surface area contributed by atoms with Crippen LogP contribution < -0.4 is 0 Å². The Balaban J connectivity index is 0.000000509. The van der Waals surface area contributed by atoms with Crippen molar-refractivity contribution in [2.75, 3.05) is 0 Å². The molecule has 0 spiro atoms. The SMILES string of the molecule is CC.CC.Cc1ccc2cc(O)ccc2c1. The largest absolute Gasteiger partial charge is 0.508 e.